The fraction of sp³-hybridized carbons (Fsp3) is 0.200. The van der Waals surface area contributed by atoms with Crippen LogP contribution in [0.5, 0.6) is 0 Å². The summed E-state index contributed by atoms with van der Waals surface area (Å²) in [6, 6.07) is 19.2. The molecule has 1 amide bonds. The number of aliphatic hydroxyl groups is 1. The van der Waals surface area contributed by atoms with Crippen LogP contribution in [-0.2, 0) is 16.1 Å². The molecule has 7 heteroatoms. The maximum atomic E-state index is 12.2. The van der Waals surface area contributed by atoms with Crippen LogP contribution in [0.3, 0.4) is 0 Å². The van der Waals surface area contributed by atoms with Gasteiger partial charge in [-0.25, -0.2) is 5.48 Å². The summed E-state index contributed by atoms with van der Waals surface area (Å²) >= 11 is 0. The number of aliphatic hydroxyl groups excluding tert-OH is 1. The zero-order chi connectivity index (χ0) is 19.3. The highest BCUT2D eigenvalue weighted by Gasteiger charge is 2.43. The predicted octanol–water partition coefficient (Wildman–Crippen LogP) is 2.59. The third-order valence-electron chi connectivity index (χ3n) is 4.49. The Labute approximate surface area is 156 Å². The van der Waals surface area contributed by atoms with Gasteiger partial charge in [-0.15, -0.1) is 0 Å². The van der Waals surface area contributed by atoms with Gasteiger partial charge in [-0.3, -0.25) is 15.1 Å². The van der Waals surface area contributed by atoms with E-state index >= 15 is 0 Å². The molecule has 0 aliphatic heterocycles. The summed E-state index contributed by atoms with van der Waals surface area (Å²) in [5.74, 6) is -0.856. The van der Waals surface area contributed by atoms with Crippen molar-refractivity contribution in [3.63, 3.8) is 0 Å². The number of H-pyrrole nitrogens is 1. The van der Waals surface area contributed by atoms with Gasteiger partial charge < -0.3 is 9.84 Å². The second-order valence-electron chi connectivity index (χ2n) is 6.31. The number of rotatable bonds is 7. The number of hydroxylamine groups is 1. The van der Waals surface area contributed by atoms with E-state index in [1.807, 2.05) is 54.6 Å². The summed E-state index contributed by atoms with van der Waals surface area (Å²) in [5, 5.41) is 26.0. The standard InChI is InChI=1S/C20H21N3O4/c1-20(19(25)23-26,18(24)17-11-12-21-22-17)27-13-14-7-9-16(10-8-14)15-5-3-2-4-6-15/h2-12,18,24,26H,13H2,1H3,(H,21,22)(H,23,25)/t18-,20+/m1/s1. The molecule has 3 rings (SSSR count). The number of nitrogens with one attached hydrogen (secondary N) is 2. The molecule has 1 heterocycles. The first-order valence-corrected chi connectivity index (χ1v) is 8.45. The Morgan fingerprint density at radius 2 is 1.81 bits per heavy atom. The zero-order valence-corrected chi connectivity index (χ0v) is 14.8. The Morgan fingerprint density at radius 1 is 1.15 bits per heavy atom. The monoisotopic (exact) mass is 367 g/mol. The van der Waals surface area contributed by atoms with Gasteiger partial charge in [0.25, 0.3) is 5.91 Å². The number of aromatic nitrogens is 2. The molecule has 2 aromatic carbocycles. The second kappa shape index (κ2) is 8.13. The molecule has 0 radical (unpaired) electrons. The van der Waals surface area contributed by atoms with Gasteiger partial charge in [-0.2, -0.15) is 5.10 Å². The lowest BCUT2D eigenvalue weighted by Crippen LogP contribution is -2.50. The first-order chi connectivity index (χ1) is 13.0. The van der Waals surface area contributed by atoms with Crippen LogP contribution in [0, 0.1) is 0 Å². The number of hydrogen-bond donors (Lipinski definition) is 4. The van der Waals surface area contributed by atoms with E-state index in [1.165, 1.54) is 19.2 Å². The maximum Gasteiger partial charge on any atom is 0.278 e. The van der Waals surface area contributed by atoms with Crippen LogP contribution >= 0.6 is 0 Å². The van der Waals surface area contributed by atoms with Crippen LogP contribution in [-0.4, -0.2) is 32.0 Å². The van der Waals surface area contributed by atoms with Crippen molar-refractivity contribution in [2.24, 2.45) is 0 Å². The average molecular weight is 367 g/mol. The number of carbonyl (C=O) groups excluding carboxylic acids is 1. The molecule has 1 aromatic heterocycles. The van der Waals surface area contributed by atoms with Crippen LogP contribution < -0.4 is 5.48 Å². The molecular formula is C20H21N3O4. The van der Waals surface area contributed by atoms with Gasteiger partial charge in [0.1, 0.15) is 6.10 Å². The van der Waals surface area contributed by atoms with E-state index in [2.05, 4.69) is 10.2 Å². The van der Waals surface area contributed by atoms with Crippen molar-refractivity contribution >= 4 is 5.91 Å². The van der Waals surface area contributed by atoms with Crippen LogP contribution in [0.2, 0.25) is 0 Å². The Hall–Kier alpha value is -3.00. The van der Waals surface area contributed by atoms with E-state index in [-0.39, 0.29) is 6.61 Å². The molecule has 3 aromatic rings. The lowest BCUT2D eigenvalue weighted by atomic mass is 9.95. The molecule has 0 saturated carbocycles. The molecule has 0 spiro atoms. The van der Waals surface area contributed by atoms with E-state index in [9.17, 15) is 9.90 Å². The number of carbonyl (C=O) groups is 1. The lowest BCUT2D eigenvalue weighted by molar-refractivity contribution is -0.174. The zero-order valence-electron chi connectivity index (χ0n) is 14.8. The Bertz CT molecular complexity index is 866. The first kappa shape index (κ1) is 18.8. The van der Waals surface area contributed by atoms with E-state index < -0.39 is 17.6 Å². The van der Waals surface area contributed by atoms with Crippen LogP contribution in [0.25, 0.3) is 11.1 Å². The summed E-state index contributed by atoms with van der Waals surface area (Å²) in [6.07, 6.45) is 0.119. The highest BCUT2D eigenvalue weighted by atomic mass is 16.5. The number of aromatic amines is 1. The molecule has 0 bridgehead atoms. The molecule has 0 fully saturated rings. The van der Waals surface area contributed by atoms with Crippen molar-refractivity contribution in [2.75, 3.05) is 0 Å². The smallest absolute Gasteiger partial charge is 0.278 e. The molecule has 27 heavy (non-hydrogen) atoms. The van der Waals surface area contributed by atoms with E-state index in [4.69, 9.17) is 9.94 Å². The van der Waals surface area contributed by atoms with Crippen molar-refractivity contribution in [1.82, 2.24) is 15.7 Å². The molecule has 0 aliphatic rings. The summed E-state index contributed by atoms with van der Waals surface area (Å²) in [5.41, 5.74) is 3.14. The molecular weight excluding hydrogens is 346 g/mol. The molecule has 4 N–H and O–H groups in total. The topological polar surface area (TPSA) is 107 Å². The summed E-state index contributed by atoms with van der Waals surface area (Å²) in [4.78, 5) is 12.2. The van der Waals surface area contributed by atoms with Crippen LogP contribution in [0.1, 0.15) is 24.3 Å². The average Bonchev–Trinajstić information content (AvgIpc) is 3.26. The molecule has 2 atom stereocenters. The second-order valence-corrected chi connectivity index (χ2v) is 6.31. The number of nitrogens with zero attached hydrogens (tertiary/aromatic N) is 1. The van der Waals surface area contributed by atoms with Gasteiger partial charge in [0, 0.05) is 6.20 Å². The van der Waals surface area contributed by atoms with Crippen molar-refractivity contribution in [2.45, 2.75) is 25.2 Å². The summed E-state index contributed by atoms with van der Waals surface area (Å²) in [7, 11) is 0. The van der Waals surface area contributed by atoms with Gasteiger partial charge in [0.05, 0.1) is 12.3 Å². The van der Waals surface area contributed by atoms with Gasteiger partial charge in [-0.05, 0) is 29.7 Å². The summed E-state index contributed by atoms with van der Waals surface area (Å²) in [6.45, 7) is 1.48. The molecule has 0 aliphatic carbocycles. The van der Waals surface area contributed by atoms with Crippen molar-refractivity contribution in [3.8, 4) is 11.1 Å². The van der Waals surface area contributed by atoms with Gasteiger partial charge in [0.15, 0.2) is 5.60 Å². The van der Waals surface area contributed by atoms with E-state index in [0.717, 1.165) is 16.7 Å². The van der Waals surface area contributed by atoms with Crippen LogP contribution in [0.4, 0.5) is 0 Å². The number of amides is 1. The minimum absolute atomic E-state index is 0.0736. The van der Waals surface area contributed by atoms with E-state index in [0.29, 0.717) is 5.69 Å². The highest BCUT2D eigenvalue weighted by molar-refractivity contribution is 5.84. The minimum Gasteiger partial charge on any atom is -0.383 e. The number of hydrogen-bond acceptors (Lipinski definition) is 5. The molecule has 7 nitrogen and oxygen atoms in total. The van der Waals surface area contributed by atoms with Crippen molar-refractivity contribution < 1.29 is 19.8 Å². The molecule has 140 valence electrons. The SMILES string of the molecule is C[C@@](OCc1ccc(-c2ccccc2)cc1)(C(=O)NO)[C@H](O)c1ccn[nH]1. The third-order valence-corrected chi connectivity index (χ3v) is 4.49. The normalized spacial score (nSPS) is 14.3. The van der Waals surface area contributed by atoms with Gasteiger partial charge >= 0.3 is 0 Å². The third kappa shape index (κ3) is 4.06. The van der Waals surface area contributed by atoms with Gasteiger partial charge in [-0.1, -0.05) is 54.6 Å². The summed E-state index contributed by atoms with van der Waals surface area (Å²) < 4.78 is 5.73. The number of benzene rings is 2. The Morgan fingerprint density at radius 3 is 2.41 bits per heavy atom. The minimum atomic E-state index is -1.71. The molecule has 0 unspecified atom stereocenters. The highest BCUT2D eigenvalue weighted by Crippen LogP contribution is 2.30. The molecule has 0 saturated heterocycles. The fourth-order valence-electron chi connectivity index (χ4n) is 2.75. The van der Waals surface area contributed by atoms with E-state index in [1.54, 1.807) is 5.48 Å². The number of ether oxygens (including phenoxy) is 1. The van der Waals surface area contributed by atoms with Gasteiger partial charge in [0.2, 0.25) is 0 Å². The Balaban J connectivity index is 1.75. The maximum absolute atomic E-state index is 12.2. The predicted molar refractivity (Wildman–Crippen MR) is 98.5 cm³/mol. The first-order valence-electron chi connectivity index (χ1n) is 8.45. The van der Waals surface area contributed by atoms with Crippen molar-refractivity contribution in [3.05, 3.63) is 78.1 Å². The lowest BCUT2D eigenvalue weighted by Gasteiger charge is -2.31. The Kier molecular flexibility index (Phi) is 5.66. The van der Waals surface area contributed by atoms with Crippen LogP contribution in [0.15, 0.2) is 66.9 Å². The van der Waals surface area contributed by atoms with Crippen molar-refractivity contribution in [1.29, 1.82) is 0 Å². The fourth-order valence-corrected chi connectivity index (χ4v) is 2.75. The largest absolute Gasteiger partial charge is 0.383 e. The quantitative estimate of drug-likeness (QED) is 0.379.